The van der Waals surface area contributed by atoms with E-state index in [2.05, 4.69) is 20.6 Å². The van der Waals surface area contributed by atoms with Gasteiger partial charge in [-0.2, -0.15) is 18.3 Å². The number of carbonyl (C=O) groups excluding carboxylic acids is 1. The molecule has 8 nitrogen and oxygen atoms in total. The molecule has 0 saturated heterocycles. The summed E-state index contributed by atoms with van der Waals surface area (Å²) < 4.78 is 47.1. The van der Waals surface area contributed by atoms with Crippen LogP contribution >= 0.6 is 11.6 Å². The molecule has 0 aliphatic heterocycles. The number of nitrogens with two attached hydrogens (primary N) is 1. The van der Waals surface area contributed by atoms with E-state index in [-0.39, 0.29) is 29.9 Å². The zero-order chi connectivity index (χ0) is 24.5. The lowest BCUT2D eigenvalue weighted by Gasteiger charge is -2.10. The predicted octanol–water partition coefficient (Wildman–Crippen LogP) is 4.22. The molecule has 2 aromatic carbocycles. The minimum atomic E-state index is -4.70. The lowest BCUT2D eigenvalue weighted by molar-refractivity contribution is -0.141. The molecule has 3 N–H and O–H groups in total. The van der Waals surface area contributed by atoms with E-state index in [9.17, 15) is 18.0 Å². The second kappa shape index (κ2) is 9.27. The van der Waals surface area contributed by atoms with Crippen LogP contribution in [0.25, 0.3) is 28.7 Å². The van der Waals surface area contributed by atoms with Gasteiger partial charge in [-0.3, -0.25) is 4.79 Å². The van der Waals surface area contributed by atoms with Gasteiger partial charge in [0, 0.05) is 23.2 Å². The molecule has 34 heavy (non-hydrogen) atoms. The molecular formula is C22H18ClF3N6O2. The molecule has 0 spiro atoms. The van der Waals surface area contributed by atoms with Crippen LogP contribution in [-0.2, 0) is 17.5 Å². The van der Waals surface area contributed by atoms with Crippen molar-refractivity contribution in [1.29, 1.82) is 0 Å². The third-order valence-corrected chi connectivity index (χ3v) is 4.99. The molecule has 1 atom stereocenters. The Bertz CT molecular complexity index is 1330. The van der Waals surface area contributed by atoms with Gasteiger partial charge in [-0.15, -0.1) is 10.2 Å². The van der Waals surface area contributed by atoms with E-state index in [1.807, 2.05) is 0 Å². The summed E-state index contributed by atoms with van der Waals surface area (Å²) in [5.74, 6) is -0.427. The normalized spacial score (nSPS) is 12.5. The minimum absolute atomic E-state index is 0.0510. The standard InChI is InChI=1S/C22H18ClF3N6O2/c1-12(27)19(33)28-11-13-4-2-7-16(8-13)32-17(10-18(31-32)22(24,25)26)21-30-29-20(34-21)14-5-3-6-15(23)9-14/h2-10,12H,11,27H2,1H3,(H,28,33)/t12-/m0/s1. The monoisotopic (exact) mass is 490 g/mol. The van der Waals surface area contributed by atoms with Crippen LogP contribution in [0, 0.1) is 0 Å². The summed E-state index contributed by atoms with van der Waals surface area (Å²) in [7, 11) is 0. The summed E-state index contributed by atoms with van der Waals surface area (Å²) in [6.45, 7) is 1.68. The summed E-state index contributed by atoms with van der Waals surface area (Å²) in [5, 5.41) is 14.7. The highest BCUT2D eigenvalue weighted by Crippen LogP contribution is 2.34. The molecule has 2 aromatic heterocycles. The van der Waals surface area contributed by atoms with Gasteiger partial charge in [0.1, 0.15) is 5.69 Å². The molecule has 0 aliphatic carbocycles. The van der Waals surface area contributed by atoms with Crippen LogP contribution in [0.5, 0.6) is 0 Å². The van der Waals surface area contributed by atoms with E-state index >= 15 is 0 Å². The number of halogens is 4. The number of nitrogens with one attached hydrogen (secondary N) is 1. The maximum absolute atomic E-state index is 13.5. The summed E-state index contributed by atoms with van der Waals surface area (Å²) >= 11 is 5.99. The molecule has 4 rings (SSSR count). The van der Waals surface area contributed by atoms with Gasteiger partial charge in [-0.05, 0) is 42.8 Å². The van der Waals surface area contributed by atoms with E-state index < -0.39 is 17.9 Å². The van der Waals surface area contributed by atoms with Crippen LogP contribution in [0.2, 0.25) is 5.02 Å². The highest BCUT2D eigenvalue weighted by Gasteiger charge is 2.36. The summed E-state index contributed by atoms with van der Waals surface area (Å²) in [6, 6.07) is 13.3. The zero-order valence-electron chi connectivity index (χ0n) is 17.7. The number of rotatable bonds is 6. The van der Waals surface area contributed by atoms with Gasteiger partial charge >= 0.3 is 6.18 Å². The summed E-state index contributed by atoms with van der Waals surface area (Å²) in [6.07, 6.45) is -4.70. The first-order valence-corrected chi connectivity index (χ1v) is 10.4. The lowest BCUT2D eigenvalue weighted by atomic mass is 10.2. The summed E-state index contributed by atoms with van der Waals surface area (Å²) in [4.78, 5) is 11.7. The Balaban J connectivity index is 1.73. The Morgan fingerprint density at radius 1 is 1.15 bits per heavy atom. The Kier molecular flexibility index (Phi) is 6.40. The fraction of sp³-hybridized carbons (Fsp3) is 0.182. The molecule has 0 unspecified atom stereocenters. The minimum Gasteiger partial charge on any atom is -0.415 e. The van der Waals surface area contributed by atoms with Gasteiger partial charge < -0.3 is 15.5 Å². The second-order valence-electron chi connectivity index (χ2n) is 7.42. The van der Waals surface area contributed by atoms with Crippen molar-refractivity contribution >= 4 is 17.5 Å². The molecule has 0 radical (unpaired) electrons. The van der Waals surface area contributed by atoms with E-state index in [1.54, 1.807) is 55.5 Å². The van der Waals surface area contributed by atoms with E-state index in [4.69, 9.17) is 21.8 Å². The number of hydrogen-bond donors (Lipinski definition) is 2. The van der Waals surface area contributed by atoms with Crippen molar-refractivity contribution in [3.05, 3.63) is 70.9 Å². The molecule has 0 aliphatic rings. The van der Waals surface area contributed by atoms with E-state index in [0.29, 0.717) is 21.8 Å². The quantitative estimate of drug-likeness (QED) is 0.418. The van der Waals surface area contributed by atoms with Crippen LogP contribution in [-0.4, -0.2) is 31.9 Å². The SMILES string of the molecule is C[C@H](N)C(=O)NCc1cccc(-n2nc(C(F)(F)F)cc2-c2nnc(-c3cccc(Cl)c3)o2)c1. The van der Waals surface area contributed by atoms with Crippen molar-refractivity contribution in [2.45, 2.75) is 25.7 Å². The van der Waals surface area contributed by atoms with Crippen molar-refractivity contribution in [2.24, 2.45) is 5.73 Å². The average molecular weight is 491 g/mol. The topological polar surface area (TPSA) is 112 Å². The Morgan fingerprint density at radius 3 is 2.59 bits per heavy atom. The van der Waals surface area contributed by atoms with Gasteiger partial charge in [-0.25, -0.2) is 4.68 Å². The van der Waals surface area contributed by atoms with Crippen molar-refractivity contribution in [2.75, 3.05) is 0 Å². The number of hydrogen-bond acceptors (Lipinski definition) is 6. The number of nitrogens with zero attached hydrogens (tertiary/aromatic N) is 4. The Hall–Kier alpha value is -3.70. The van der Waals surface area contributed by atoms with Crippen molar-refractivity contribution in [3.8, 4) is 28.7 Å². The lowest BCUT2D eigenvalue weighted by Crippen LogP contribution is -2.37. The number of carbonyl (C=O) groups is 1. The highest BCUT2D eigenvalue weighted by atomic mass is 35.5. The van der Waals surface area contributed by atoms with Gasteiger partial charge in [0.05, 0.1) is 11.7 Å². The first kappa shape index (κ1) is 23.5. The maximum Gasteiger partial charge on any atom is 0.435 e. The Morgan fingerprint density at radius 2 is 1.88 bits per heavy atom. The molecule has 2 heterocycles. The van der Waals surface area contributed by atoms with Crippen LogP contribution < -0.4 is 11.1 Å². The van der Waals surface area contributed by atoms with Gasteiger partial charge in [0.25, 0.3) is 5.89 Å². The largest absolute Gasteiger partial charge is 0.435 e. The molecule has 0 saturated carbocycles. The molecule has 0 fully saturated rings. The van der Waals surface area contributed by atoms with E-state index in [0.717, 1.165) is 10.7 Å². The molecule has 0 bridgehead atoms. The number of amides is 1. The predicted molar refractivity (Wildman–Crippen MR) is 118 cm³/mol. The first-order valence-electron chi connectivity index (χ1n) is 10.0. The fourth-order valence-corrected chi connectivity index (χ4v) is 3.27. The number of aromatic nitrogens is 4. The van der Waals surface area contributed by atoms with Gasteiger partial charge in [-0.1, -0.05) is 29.8 Å². The second-order valence-corrected chi connectivity index (χ2v) is 7.86. The van der Waals surface area contributed by atoms with Crippen molar-refractivity contribution < 1.29 is 22.4 Å². The van der Waals surface area contributed by atoms with Gasteiger partial charge in [0.2, 0.25) is 11.8 Å². The first-order chi connectivity index (χ1) is 16.1. The zero-order valence-corrected chi connectivity index (χ0v) is 18.4. The number of benzene rings is 2. The molecule has 176 valence electrons. The molecule has 4 aromatic rings. The van der Waals surface area contributed by atoms with Crippen molar-refractivity contribution in [1.82, 2.24) is 25.3 Å². The smallest absolute Gasteiger partial charge is 0.415 e. The Labute approximate surface area is 196 Å². The van der Waals surface area contributed by atoms with Crippen molar-refractivity contribution in [3.63, 3.8) is 0 Å². The molecule has 1 amide bonds. The van der Waals surface area contributed by atoms with Gasteiger partial charge in [0.15, 0.2) is 5.69 Å². The van der Waals surface area contributed by atoms with Crippen LogP contribution in [0.1, 0.15) is 18.2 Å². The number of alkyl halides is 3. The third-order valence-electron chi connectivity index (χ3n) is 4.75. The average Bonchev–Trinajstić information content (AvgIpc) is 3.45. The summed E-state index contributed by atoms with van der Waals surface area (Å²) in [5.41, 5.74) is 5.81. The molecule has 12 heteroatoms. The van der Waals surface area contributed by atoms with E-state index in [1.165, 1.54) is 0 Å². The van der Waals surface area contributed by atoms with Crippen LogP contribution in [0.15, 0.2) is 59.0 Å². The third kappa shape index (κ3) is 5.10. The fourth-order valence-electron chi connectivity index (χ4n) is 3.08. The van der Waals surface area contributed by atoms with Crippen LogP contribution in [0.3, 0.4) is 0 Å². The molecular weight excluding hydrogens is 473 g/mol. The highest BCUT2D eigenvalue weighted by molar-refractivity contribution is 6.30. The van der Waals surface area contributed by atoms with Crippen LogP contribution in [0.4, 0.5) is 13.2 Å². The maximum atomic E-state index is 13.5.